The molecule has 0 aliphatic carbocycles. The van der Waals surface area contributed by atoms with Crippen molar-refractivity contribution in [1.29, 1.82) is 0 Å². The number of hydrogen-bond donors (Lipinski definition) is 1. The molecule has 0 spiro atoms. The first-order valence-corrected chi connectivity index (χ1v) is 6.52. The highest BCUT2D eigenvalue weighted by Crippen LogP contribution is 2.20. The Morgan fingerprint density at radius 2 is 1.90 bits per heavy atom. The molecule has 0 saturated carbocycles. The predicted molar refractivity (Wildman–Crippen MR) is 79.2 cm³/mol. The van der Waals surface area contributed by atoms with E-state index in [1.54, 1.807) is 29.1 Å². The van der Waals surface area contributed by atoms with Crippen molar-refractivity contribution in [3.8, 4) is 11.5 Å². The summed E-state index contributed by atoms with van der Waals surface area (Å²) in [6.45, 7) is 4.00. The van der Waals surface area contributed by atoms with Gasteiger partial charge in [0.25, 0.3) is 5.56 Å². The summed E-state index contributed by atoms with van der Waals surface area (Å²) in [5, 5.41) is 4.08. The molecule has 0 bridgehead atoms. The number of H-pyrrole nitrogens is 1. The molecule has 5 nitrogen and oxygen atoms in total. The monoisotopic (exact) mass is 271 g/mol. The maximum Gasteiger partial charge on any atom is 0.291 e. The Hall–Kier alpha value is -2.56. The normalized spacial score (nSPS) is 9.95. The highest BCUT2D eigenvalue weighted by atomic mass is 16.5. The summed E-state index contributed by atoms with van der Waals surface area (Å²) < 4.78 is 7.24. The smallest absolute Gasteiger partial charge is 0.291 e. The van der Waals surface area contributed by atoms with Gasteiger partial charge in [0.2, 0.25) is 0 Å². The fourth-order valence-corrected chi connectivity index (χ4v) is 1.78. The average Bonchev–Trinajstić information content (AvgIpc) is 2.84. The van der Waals surface area contributed by atoms with Crippen molar-refractivity contribution in [2.75, 3.05) is 0 Å². The number of aromatic nitrogens is 3. The zero-order valence-electron chi connectivity index (χ0n) is 11.8. The first-order chi connectivity index (χ1) is 9.74. The van der Waals surface area contributed by atoms with Crippen LogP contribution in [0.3, 0.4) is 0 Å². The topological polar surface area (TPSA) is 59.9 Å². The van der Waals surface area contributed by atoms with Gasteiger partial charge in [-0.15, -0.1) is 0 Å². The van der Waals surface area contributed by atoms with E-state index in [1.165, 1.54) is 0 Å². The van der Waals surface area contributed by atoms with Crippen LogP contribution in [0.2, 0.25) is 0 Å². The van der Waals surface area contributed by atoms with E-state index >= 15 is 0 Å². The number of fused-ring (bicyclic) bond motifs is 1. The molecule has 0 unspecified atom stereocenters. The molecule has 0 atom stereocenters. The second kappa shape index (κ2) is 6.06. The molecule has 0 aliphatic rings. The van der Waals surface area contributed by atoms with Gasteiger partial charge in [-0.2, -0.15) is 5.10 Å². The molecule has 1 aromatic carbocycles. The number of rotatable bonds is 2. The fourth-order valence-electron chi connectivity index (χ4n) is 1.78. The molecule has 3 aromatic rings. The number of aryl methyl sites for hydroxylation is 1. The number of pyridine rings is 1. The molecule has 1 N–H and O–H groups in total. The van der Waals surface area contributed by atoms with E-state index in [4.69, 9.17) is 4.74 Å². The van der Waals surface area contributed by atoms with Gasteiger partial charge in [-0.3, -0.25) is 9.48 Å². The molecule has 20 heavy (non-hydrogen) atoms. The molecule has 104 valence electrons. The fraction of sp³-hybridized carbons (Fsp3) is 0.200. The standard InChI is InChI=1S/C13H11N3O2.C2H6/c1-16-11-7-12(13(17)15-10(11)8-14-16)18-9-5-3-2-4-6-9;1-2/h2-8H,1H3,(H,15,17);1-2H3. The van der Waals surface area contributed by atoms with E-state index in [0.29, 0.717) is 11.3 Å². The molecule has 2 heterocycles. The first kappa shape index (κ1) is 13.9. The highest BCUT2D eigenvalue weighted by Gasteiger charge is 2.07. The van der Waals surface area contributed by atoms with Gasteiger partial charge >= 0.3 is 0 Å². The van der Waals surface area contributed by atoms with Crippen LogP contribution >= 0.6 is 0 Å². The molecule has 0 saturated heterocycles. The van der Waals surface area contributed by atoms with Crippen LogP contribution in [0.4, 0.5) is 0 Å². The second-order valence-electron chi connectivity index (χ2n) is 3.94. The molecule has 0 aliphatic heterocycles. The van der Waals surface area contributed by atoms with Crippen molar-refractivity contribution >= 4 is 11.0 Å². The van der Waals surface area contributed by atoms with Crippen molar-refractivity contribution < 1.29 is 4.74 Å². The second-order valence-corrected chi connectivity index (χ2v) is 3.94. The molecule has 0 radical (unpaired) electrons. The van der Waals surface area contributed by atoms with E-state index in [1.807, 2.05) is 39.1 Å². The summed E-state index contributed by atoms with van der Waals surface area (Å²) in [6, 6.07) is 10.9. The Kier molecular flexibility index (Phi) is 4.20. The zero-order valence-corrected chi connectivity index (χ0v) is 11.8. The summed E-state index contributed by atoms with van der Waals surface area (Å²) in [6.07, 6.45) is 1.61. The van der Waals surface area contributed by atoms with Gasteiger partial charge in [0.1, 0.15) is 5.75 Å². The molecule has 0 amide bonds. The van der Waals surface area contributed by atoms with Gasteiger partial charge in [0, 0.05) is 13.1 Å². The number of hydrogen-bond acceptors (Lipinski definition) is 3. The van der Waals surface area contributed by atoms with Crippen LogP contribution in [0.15, 0.2) is 47.4 Å². The van der Waals surface area contributed by atoms with Crippen LogP contribution in [0, 0.1) is 0 Å². The minimum Gasteiger partial charge on any atom is -0.451 e. The van der Waals surface area contributed by atoms with Crippen molar-refractivity contribution in [2.45, 2.75) is 13.8 Å². The lowest BCUT2D eigenvalue weighted by Gasteiger charge is -2.04. The minimum atomic E-state index is -0.264. The van der Waals surface area contributed by atoms with Crippen LogP contribution in [-0.4, -0.2) is 14.8 Å². The third kappa shape index (κ3) is 2.71. The van der Waals surface area contributed by atoms with Crippen molar-refractivity contribution in [3.05, 3.63) is 52.9 Å². The maximum atomic E-state index is 11.8. The van der Waals surface area contributed by atoms with Gasteiger partial charge in [-0.1, -0.05) is 32.0 Å². The Balaban J connectivity index is 0.000000704. The Morgan fingerprint density at radius 3 is 2.60 bits per heavy atom. The lowest BCUT2D eigenvalue weighted by Crippen LogP contribution is -2.08. The van der Waals surface area contributed by atoms with Crippen LogP contribution in [-0.2, 0) is 7.05 Å². The number of benzene rings is 1. The number of nitrogens with one attached hydrogen (secondary N) is 1. The summed E-state index contributed by atoms with van der Waals surface area (Å²) in [5.41, 5.74) is 1.25. The minimum absolute atomic E-state index is 0.261. The molecule has 3 rings (SSSR count). The average molecular weight is 271 g/mol. The van der Waals surface area contributed by atoms with E-state index in [9.17, 15) is 4.79 Å². The van der Waals surface area contributed by atoms with Crippen LogP contribution in [0.1, 0.15) is 13.8 Å². The SMILES string of the molecule is CC.Cn1ncc2[nH]c(=O)c(Oc3ccccc3)cc21. The number of aromatic amines is 1. The lowest BCUT2D eigenvalue weighted by atomic mass is 10.3. The van der Waals surface area contributed by atoms with E-state index in [2.05, 4.69) is 10.1 Å². The zero-order chi connectivity index (χ0) is 14.5. The molecule has 2 aromatic heterocycles. The largest absolute Gasteiger partial charge is 0.451 e. The summed E-state index contributed by atoms with van der Waals surface area (Å²) in [4.78, 5) is 14.6. The van der Waals surface area contributed by atoms with Gasteiger partial charge < -0.3 is 9.72 Å². The Bertz CT molecular complexity index is 745. The summed E-state index contributed by atoms with van der Waals surface area (Å²) in [7, 11) is 1.81. The van der Waals surface area contributed by atoms with Crippen LogP contribution < -0.4 is 10.3 Å². The molecule has 0 fully saturated rings. The van der Waals surface area contributed by atoms with Crippen LogP contribution in [0.5, 0.6) is 11.5 Å². The highest BCUT2D eigenvalue weighted by molar-refractivity contribution is 5.75. The van der Waals surface area contributed by atoms with Gasteiger partial charge in [-0.05, 0) is 12.1 Å². The number of nitrogens with zero attached hydrogens (tertiary/aromatic N) is 2. The first-order valence-electron chi connectivity index (χ1n) is 6.52. The molecule has 5 heteroatoms. The van der Waals surface area contributed by atoms with Crippen molar-refractivity contribution in [1.82, 2.24) is 14.8 Å². The van der Waals surface area contributed by atoms with E-state index in [0.717, 1.165) is 5.52 Å². The quantitative estimate of drug-likeness (QED) is 0.779. The Morgan fingerprint density at radius 1 is 1.20 bits per heavy atom. The number of para-hydroxylation sites is 1. The van der Waals surface area contributed by atoms with Gasteiger partial charge in [-0.25, -0.2) is 0 Å². The van der Waals surface area contributed by atoms with Crippen LogP contribution in [0.25, 0.3) is 11.0 Å². The lowest BCUT2D eigenvalue weighted by molar-refractivity contribution is 0.476. The third-order valence-corrected chi connectivity index (χ3v) is 2.70. The van der Waals surface area contributed by atoms with E-state index in [-0.39, 0.29) is 11.3 Å². The number of ether oxygens (including phenoxy) is 1. The summed E-state index contributed by atoms with van der Waals surface area (Å²) in [5.74, 6) is 0.891. The van der Waals surface area contributed by atoms with Gasteiger partial charge in [0.05, 0.1) is 17.2 Å². The van der Waals surface area contributed by atoms with Crippen molar-refractivity contribution in [3.63, 3.8) is 0 Å². The molecular formula is C15H17N3O2. The third-order valence-electron chi connectivity index (χ3n) is 2.70. The molecular weight excluding hydrogens is 254 g/mol. The maximum absolute atomic E-state index is 11.8. The Labute approximate surface area is 116 Å². The van der Waals surface area contributed by atoms with E-state index < -0.39 is 0 Å². The van der Waals surface area contributed by atoms with Crippen molar-refractivity contribution in [2.24, 2.45) is 7.05 Å². The predicted octanol–water partition coefficient (Wildman–Crippen LogP) is 3.08. The summed E-state index contributed by atoms with van der Waals surface area (Å²) >= 11 is 0. The van der Waals surface area contributed by atoms with Gasteiger partial charge in [0.15, 0.2) is 5.75 Å².